The predicted molar refractivity (Wildman–Crippen MR) is 132 cm³/mol. The van der Waals surface area contributed by atoms with Gasteiger partial charge in [-0.15, -0.1) is 0 Å². The summed E-state index contributed by atoms with van der Waals surface area (Å²) in [5, 5.41) is 25.0. The summed E-state index contributed by atoms with van der Waals surface area (Å²) in [6.45, 7) is 0. The van der Waals surface area contributed by atoms with Crippen LogP contribution in [-0.2, 0) is 14.3 Å². The summed E-state index contributed by atoms with van der Waals surface area (Å²) in [7, 11) is 1.41. The van der Waals surface area contributed by atoms with Crippen LogP contribution in [0, 0.1) is 0 Å². The third kappa shape index (κ3) is 5.24. The van der Waals surface area contributed by atoms with Gasteiger partial charge in [0.1, 0.15) is 11.9 Å². The smallest absolute Gasteiger partial charge is 0.412 e. The molecule has 4 aromatic carbocycles. The SMILES string of the molecule is CO[C@H](/C=C/C(=O)NO)[C@H](OC(=O)Nc1cccc2ccccc12)c1ccc(O)c2ccccc12. The lowest BCUT2D eigenvalue weighted by Crippen LogP contribution is -2.27. The maximum atomic E-state index is 13.1. The highest BCUT2D eigenvalue weighted by Gasteiger charge is 2.28. The van der Waals surface area contributed by atoms with Gasteiger partial charge in [0, 0.05) is 29.5 Å². The van der Waals surface area contributed by atoms with Crippen molar-refractivity contribution >= 4 is 39.2 Å². The number of phenolic OH excluding ortho intramolecular Hbond substituents is 1. The first-order valence-electron chi connectivity index (χ1n) is 10.8. The maximum absolute atomic E-state index is 13.1. The summed E-state index contributed by atoms with van der Waals surface area (Å²) < 4.78 is 11.4. The van der Waals surface area contributed by atoms with Crippen molar-refractivity contribution in [3.05, 3.63) is 96.6 Å². The summed E-state index contributed by atoms with van der Waals surface area (Å²) in [5.41, 5.74) is 2.65. The molecule has 2 atom stereocenters. The summed E-state index contributed by atoms with van der Waals surface area (Å²) >= 11 is 0. The third-order valence-corrected chi connectivity index (χ3v) is 5.62. The van der Waals surface area contributed by atoms with Gasteiger partial charge in [-0.3, -0.25) is 15.3 Å². The minimum Gasteiger partial charge on any atom is -0.507 e. The fourth-order valence-corrected chi connectivity index (χ4v) is 3.97. The van der Waals surface area contributed by atoms with Gasteiger partial charge in [0.2, 0.25) is 0 Å². The van der Waals surface area contributed by atoms with Crippen LogP contribution < -0.4 is 10.8 Å². The van der Waals surface area contributed by atoms with Gasteiger partial charge in [-0.2, -0.15) is 0 Å². The van der Waals surface area contributed by atoms with E-state index in [4.69, 9.17) is 14.7 Å². The normalized spacial score (nSPS) is 13.0. The molecule has 0 aliphatic rings. The van der Waals surface area contributed by atoms with Gasteiger partial charge >= 0.3 is 6.09 Å². The number of methoxy groups -OCH3 is 1. The fourth-order valence-electron chi connectivity index (χ4n) is 3.97. The molecule has 0 radical (unpaired) electrons. The summed E-state index contributed by atoms with van der Waals surface area (Å²) in [6, 6.07) is 23.4. The van der Waals surface area contributed by atoms with Crippen LogP contribution in [0.5, 0.6) is 5.75 Å². The zero-order valence-corrected chi connectivity index (χ0v) is 18.8. The second kappa shape index (κ2) is 10.7. The van der Waals surface area contributed by atoms with Crippen molar-refractivity contribution in [2.75, 3.05) is 12.4 Å². The molecular weight excluding hydrogens is 448 g/mol. The maximum Gasteiger partial charge on any atom is 0.412 e. The lowest BCUT2D eigenvalue weighted by atomic mass is 9.96. The van der Waals surface area contributed by atoms with Gasteiger partial charge in [0.05, 0.1) is 5.69 Å². The molecule has 0 aliphatic carbocycles. The van der Waals surface area contributed by atoms with E-state index in [-0.39, 0.29) is 5.75 Å². The molecule has 0 saturated carbocycles. The highest BCUT2D eigenvalue weighted by atomic mass is 16.6. The van der Waals surface area contributed by atoms with Crippen molar-refractivity contribution in [1.82, 2.24) is 5.48 Å². The number of amides is 2. The molecule has 178 valence electrons. The zero-order chi connectivity index (χ0) is 24.8. The van der Waals surface area contributed by atoms with Crippen LogP contribution in [-0.4, -0.2) is 35.5 Å². The standard InChI is InChI=1S/C27H24N2O6/c1-34-24(15-16-25(31)29-33)26(21-13-14-23(30)20-11-5-4-10-19(20)21)35-27(32)28-22-12-6-8-17-7-2-3-9-18(17)22/h2-16,24,26,30,33H,1H3,(H,28,32)(H,29,31)/b16-15+/t24-,26-/m1/s1. The number of rotatable bonds is 7. The van der Waals surface area contributed by atoms with Gasteiger partial charge in [-0.1, -0.05) is 66.7 Å². The second-order valence-corrected chi connectivity index (χ2v) is 7.73. The molecule has 0 saturated heterocycles. The molecule has 4 rings (SSSR count). The van der Waals surface area contributed by atoms with Crippen LogP contribution in [0.15, 0.2) is 91.0 Å². The summed E-state index contributed by atoms with van der Waals surface area (Å²) in [6.07, 6.45) is -0.161. The Labute approximate surface area is 201 Å². The van der Waals surface area contributed by atoms with E-state index >= 15 is 0 Å². The Hall–Kier alpha value is -4.40. The first-order chi connectivity index (χ1) is 17.0. The molecule has 0 aromatic heterocycles. The Bertz CT molecular complexity index is 1400. The van der Waals surface area contributed by atoms with Crippen LogP contribution in [0.3, 0.4) is 0 Å². The highest BCUT2D eigenvalue weighted by molar-refractivity contribution is 6.00. The topological polar surface area (TPSA) is 117 Å². The molecule has 0 spiro atoms. The predicted octanol–water partition coefficient (Wildman–Crippen LogP) is 5.07. The Morgan fingerprint density at radius 2 is 1.57 bits per heavy atom. The van der Waals surface area contributed by atoms with Crippen molar-refractivity contribution in [1.29, 1.82) is 0 Å². The highest BCUT2D eigenvalue weighted by Crippen LogP contribution is 2.35. The molecule has 0 fully saturated rings. The van der Waals surface area contributed by atoms with Crippen molar-refractivity contribution in [3.63, 3.8) is 0 Å². The summed E-state index contributed by atoms with van der Waals surface area (Å²) in [4.78, 5) is 24.7. The number of aromatic hydroxyl groups is 1. The van der Waals surface area contributed by atoms with E-state index in [9.17, 15) is 14.7 Å². The first kappa shape index (κ1) is 23.7. The van der Waals surface area contributed by atoms with E-state index < -0.39 is 24.2 Å². The van der Waals surface area contributed by atoms with Crippen molar-refractivity contribution in [3.8, 4) is 5.75 Å². The molecule has 8 heteroatoms. The van der Waals surface area contributed by atoms with Gasteiger partial charge in [-0.25, -0.2) is 10.3 Å². The number of carbonyl (C=O) groups excluding carboxylic acids is 2. The van der Waals surface area contributed by atoms with E-state index in [0.717, 1.165) is 16.8 Å². The number of phenols is 1. The zero-order valence-electron chi connectivity index (χ0n) is 18.8. The average molecular weight is 472 g/mol. The quantitative estimate of drug-likeness (QED) is 0.170. The molecule has 2 amide bonds. The Morgan fingerprint density at radius 3 is 2.31 bits per heavy atom. The lowest BCUT2D eigenvalue weighted by molar-refractivity contribution is -0.124. The minimum atomic E-state index is -0.997. The van der Waals surface area contributed by atoms with Crippen LogP contribution in [0.25, 0.3) is 21.5 Å². The molecule has 35 heavy (non-hydrogen) atoms. The lowest BCUT2D eigenvalue weighted by Gasteiger charge is -2.26. The van der Waals surface area contributed by atoms with Gasteiger partial charge < -0.3 is 14.6 Å². The number of hydrogen-bond donors (Lipinski definition) is 4. The molecule has 4 N–H and O–H groups in total. The Morgan fingerprint density at radius 1 is 0.886 bits per heavy atom. The Balaban J connectivity index is 1.72. The van der Waals surface area contributed by atoms with E-state index in [1.165, 1.54) is 24.7 Å². The fraction of sp³-hybridized carbons (Fsp3) is 0.111. The molecule has 8 nitrogen and oxygen atoms in total. The minimum absolute atomic E-state index is 0.0764. The number of fused-ring (bicyclic) bond motifs is 2. The molecule has 0 heterocycles. The van der Waals surface area contributed by atoms with E-state index in [1.54, 1.807) is 36.4 Å². The third-order valence-electron chi connectivity index (χ3n) is 5.62. The number of hydroxylamine groups is 1. The monoisotopic (exact) mass is 472 g/mol. The van der Waals surface area contributed by atoms with Crippen LogP contribution in [0.4, 0.5) is 10.5 Å². The molecule has 0 aliphatic heterocycles. The van der Waals surface area contributed by atoms with E-state index in [1.807, 2.05) is 36.4 Å². The number of hydrogen-bond acceptors (Lipinski definition) is 6. The molecule has 0 unspecified atom stereocenters. The van der Waals surface area contributed by atoms with Crippen molar-refractivity contribution in [2.24, 2.45) is 0 Å². The van der Waals surface area contributed by atoms with Crippen LogP contribution in [0.1, 0.15) is 11.7 Å². The first-order valence-corrected chi connectivity index (χ1v) is 10.8. The largest absolute Gasteiger partial charge is 0.507 e. The summed E-state index contributed by atoms with van der Waals surface area (Å²) in [5.74, 6) is -0.686. The van der Waals surface area contributed by atoms with E-state index in [2.05, 4.69) is 5.32 Å². The average Bonchev–Trinajstić information content (AvgIpc) is 2.89. The van der Waals surface area contributed by atoms with Gasteiger partial charge in [0.15, 0.2) is 6.10 Å². The van der Waals surface area contributed by atoms with Crippen LogP contribution >= 0.6 is 0 Å². The van der Waals surface area contributed by atoms with Crippen LogP contribution in [0.2, 0.25) is 0 Å². The number of ether oxygens (including phenoxy) is 2. The number of carbonyl (C=O) groups is 2. The Kier molecular flexibility index (Phi) is 7.25. The second-order valence-electron chi connectivity index (χ2n) is 7.73. The van der Waals surface area contributed by atoms with Crippen molar-refractivity contribution in [2.45, 2.75) is 12.2 Å². The number of benzene rings is 4. The molecular formula is C27H24N2O6. The van der Waals surface area contributed by atoms with E-state index in [0.29, 0.717) is 22.0 Å². The van der Waals surface area contributed by atoms with Gasteiger partial charge in [0.25, 0.3) is 5.91 Å². The molecule has 4 aromatic rings. The van der Waals surface area contributed by atoms with Gasteiger partial charge in [-0.05, 0) is 29.0 Å². The van der Waals surface area contributed by atoms with Crippen molar-refractivity contribution < 1.29 is 29.4 Å². The number of anilines is 1. The number of nitrogens with one attached hydrogen (secondary N) is 2. The molecule has 0 bridgehead atoms.